The van der Waals surface area contributed by atoms with Crippen LogP contribution in [-0.2, 0) is 0 Å². The van der Waals surface area contributed by atoms with Crippen LogP contribution in [0.4, 0.5) is 4.39 Å². The van der Waals surface area contributed by atoms with Crippen LogP contribution in [0.25, 0.3) is 16.8 Å². The molecule has 1 N–H and O–H groups in total. The van der Waals surface area contributed by atoms with Gasteiger partial charge in [0.25, 0.3) is 0 Å². The maximum Gasteiger partial charge on any atom is 0.338 e. The molecule has 0 amide bonds. The molecule has 2 aromatic heterocycles. The maximum atomic E-state index is 13.2. The Hall–Kier alpha value is -2.69. The fourth-order valence-electron chi connectivity index (χ4n) is 3.23. The normalized spacial score (nSPS) is 11.4. The summed E-state index contributed by atoms with van der Waals surface area (Å²) >= 11 is 0. The molecule has 3 rings (SSSR count). The van der Waals surface area contributed by atoms with Crippen LogP contribution in [0.3, 0.4) is 0 Å². The van der Waals surface area contributed by atoms with Gasteiger partial charge in [0.05, 0.1) is 11.1 Å². The molecule has 0 saturated heterocycles. The highest BCUT2D eigenvalue weighted by Gasteiger charge is 2.25. The highest BCUT2D eigenvalue weighted by Crippen LogP contribution is 2.34. The van der Waals surface area contributed by atoms with E-state index in [4.69, 9.17) is 0 Å². The molecule has 124 valence electrons. The second-order valence-electron chi connectivity index (χ2n) is 6.33. The summed E-state index contributed by atoms with van der Waals surface area (Å²) in [7, 11) is 0. The van der Waals surface area contributed by atoms with E-state index in [1.54, 1.807) is 16.6 Å². The van der Waals surface area contributed by atoms with Crippen molar-refractivity contribution in [2.24, 2.45) is 0 Å². The topological polar surface area (TPSA) is 54.6 Å². The van der Waals surface area contributed by atoms with Crippen molar-refractivity contribution >= 4 is 11.5 Å². The molecule has 5 heteroatoms. The molecular weight excluding hydrogens is 307 g/mol. The first-order chi connectivity index (χ1) is 11.3. The van der Waals surface area contributed by atoms with Gasteiger partial charge >= 0.3 is 5.97 Å². The molecule has 24 heavy (non-hydrogen) atoms. The van der Waals surface area contributed by atoms with E-state index in [2.05, 4.69) is 5.10 Å². The Labute approximate surface area is 139 Å². The predicted octanol–water partition coefficient (Wildman–Crippen LogP) is 4.58. The van der Waals surface area contributed by atoms with Crippen molar-refractivity contribution in [2.45, 2.75) is 33.6 Å². The van der Waals surface area contributed by atoms with E-state index >= 15 is 0 Å². The van der Waals surface area contributed by atoms with Crippen molar-refractivity contribution in [3.63, 3.8) is 0 Å². The summed E-state index contributed by atoms with van der Waals surface area (Å²) < 4.78 is 15.0. The van der Waals surface area contributed by atoms with Crippen LogP contribution in [-0.4, -0.2) is 20.7 Å². The van der Waals surface area contributed by atoms with Crippen LogP contribution >= 0.6 is 0 Å². The van der Waals surface area contributed by atoms with Gasteiger partial charge in [-0.2, -0.15) is 5.10 Å². The van der Waals surface area contributed by atoms with Gasteiger partial charge in [-0.15, -0.1) is 0 Å². The molecule has 2 heterocycles. The van der Waals surface area contributed by atoms with Crippen molar-refractivity contribution in [3.8, 4) is 11.3 Å². The van der Waals surface area contributed by atoms with Crippen LogP contribution in [0.1, 0.15) is 46.9 Å². The molecule has 4 nitrogen and oxygen atoms in total. The smallest absolute Gasteiger partial charge is 0.338 e. The molecule has 1 aromatic carbocycles. The fraction of sp³-hybridized carbons (Fsp3) is 0.263. The SMILES string of the molecule is Cc1cc(C)n2nc(-c3ccc(F)cc3)c(C(=O)O)c(C(C)C)c12. The minimum Gasteiger partial charge on any atom is -0.478 e. The summed E-state index contributed by atoms with van der Waals surface area (Å²) in [5.74, 6) is -1.38. The molecule has 0 spiro atoms. The fourth-order valence-corrected chi connectivity index (χ4v) is 3.23. The van der Waals surface area contributed by atoms with Crippen molar-refractivity contribution in [3.05, 3.63) is 58.5 Å². The summed E-state index contributed by atoms with van der Waals surface area (Å²) in [6, 6.07) is 7.75. The van der Waals surface area contributed by atoms with Gasteiger partial charge in [-0.25, -0.2) is 13.7 Å². The number of carbonyl (C=O) groups is 1. The van der Waals surface area contributed by atoms with E-state index < -0.39 is 5.97 Å². The minimum atomic E-state index is -1.02. The lowest BCUT2D eigenvalue weighted by molar-refractivity contribution is 0.0695. The van der Waals surface area contributed by atoms with Crippen LogP contribution in [0.2, 0.25) is 0 Å². The lowest BCUT2D eigenvalue weighted by atomic mass is 9.92. The van der Waals surface area contributed by atoms with Crippen LogP contribution < -0.4 is 0 Å². The number of benzene rings is 1. The van der Waals surface area contributed by atoms with Crippen molar-refractivity contribution in [1.29, 1.82) is 0 Å². The van der Waals surface area contributed by atoms with E-state index in [0.717, 1.165) is 22.3 Å². The maximum absolute atomic E-state index is 13.2. The lowest BCUT2D eigenvalue weighted by Crippen LogP contribution is -2.13. The molecule has 3 aromatic rings. The van der Waals surface area contributed by atoms with Gasteiger partial charge in [-0.05, 0) is 61.2 Å². The highest BCUT2D eigenvalue weighted by molar-refractivity contribution is 5.99. The Morgan fingerprint density at radius 2 is 1.83 bits per heavy atom. The number of hydrogen-bond acceptors (Lipinski definition) is 2. The number of carboxylic acid groups (broad SMARTS) is 1. The summed E-state index contributed by atoms with van der Waals surface area (Å²) in [5.41, 5.74) is 4.65. The Kier molecular flexibility index (Phi) is 3.87. The van der Waals surface area contributed by atoms with Crippen LogP contribution in [0.5, 0.6) is 0 Å². The average molecular weight is 326 g/mol. The Balaban J connectivity index is 2.48. The van der Waals surface area contributed by atoms with Crippen LogP contribution in [0.15, 0.2) is 30.3 Å². The summed E-state index contributed by atoms with van der Waals surface area (Å²) in [4.78, 5) is 12.0. The number of halogens is 1. The van der Waals surface area contributed by atoms with E-state index in [9.17, 15) is 14.3 Å². The minimum absolute atomic E-state index is 0.00815. The van der Waals surface area contributed by atoms with Crippen molar-refractivity contribution in [1.82, 2.24) is 9.61 Å². The molecule has 0 aliphatic heterocycles. The molecule has 0 unspecified atom stereocenters. The molecule has 0 bridgehead atoms. The van der Waals surface area contributed by atoms with E-state index in [1.165, 1.54) is 12.1 Å². The lowest BCUT2D eigenvalue weighted by Gasteiger charge is -2.17. The first-order valence-corrected chi connectivity index (χ1v) is 7.83. The van der Waals surface area contributed by atoms with Gasteiger partial charge in [-0.3, -0.25) is 0 Å². The quantitative estimate of drug-likeness (QED) is 0.766. The Morgan fingerprint density at radius 3 is 2.38 bits per heavy atom. The number of carboxylic acids is 1. The molecule has 0 fully saturated rings. The standard InChI is InChI=1S/C19H19FN2O2/c1-10(2)15-16(19(23)24)17(13-5-7-14(20)8-6-13)21-22-12(4)9-11(3)18(15)22/h5-10H,1-4H3,(H,23,24). The van der Waals surface area contributed by atoms with Crippen molar-refractivity contribution in [2.75, 3.05) is 0 Å². The van der Waals surface area contributed by atoms with Gasteiger partial charge in [-0.1, -0.05) is 13.8 Å². The summed E-state index contributed by atoms with van der Waals surface area (Å²) in [6.07, 6.45) is 0. The van der Waals surface area contributed by atoms with E-state index in [-0.39, 0.29) is 17.3 Å². The largest absolute Gasteiger partial charge is 0.478 e. The third kappa shape index (κ3) is 2.46. The number of fused-ring (bicyclic) bond motifs is 1. The Bertz CT molecular complexity index is 940. The second kappa shape index (κ2) is 5.74. The first-order valence-electron chi connectivity index (χ1n) is 7.83. The average Bonchev–Trinajstić information content (AvgIpc) is 2.80. The zero-order valence-corrected chi connectivity index (χ0v) is 14.1. The highest BCUT2D eigenvalue weighted by atomic mass is 19.1. The van der Waals surface area contributed by atoms with Crippen LogP contribution in [0, 0.1) is 19.7 Å². The number of hydrogen-bond donors (Lipinski definition) is 1. The Morgan fingerprint density at radius 1 is 1.21 bits per heavy atom. The molecule has 0 atom stereocenters. The zero-order valence-electron chi connectivity index (χ0n) is 14.1. The summed E-state index contributed by atoms with van der Waals surface area (Å²) in [6.45, 7) is 7.83. The summed E-state index contributed by atoms with van der Waals surface area (Å²) in [5, 5.41) is 14.4. The van der Waals surface area contributed by atoms with Gasteiger partial charge in [0, 0.05) is 11.3 Å². The first kappa shape index (κ1) is 16.2. The number of aromatic carboxylic acids is 1. The third-order valence-corrected chi connectivity index (χ3v) is 4.21. The molecule has 0 radical (unpaired) electrons. The number of nitrogens with zero attached hydrogens (tertiary/aromatic N) is 2. The monoisotopic (exact) mass is 326 g/mol. The van der Waals surface area contributed by atoms with Crippen molar-refractivity contribution < 1.29 is 14.3 Å². The third-order valence-electron chi connectivity index (χ3n) is 4.21. The van der Waals surface area contributed by atoms with Gasteiger partial charge in [0.15, 0.2) is 0 Å². The molecule has 0 saturated carbocycles. The number of aryl methyl sites for hydroxylation is 2. The predicted molar refractivity (Wildman–Crippen MR) is 91.1 cm³/mol. The number of aromatic nitrogens is 2. The van der Waals surface area contributed by atoms with Gasteiger partial charge in [0.2, 0.25) is 0 Å². The van der Waals surface area contributed by atoms with Gasteiger partial charge < -0.3 is 5.11 Å². The van der Waals surface area contributed by atoms with E-state index in [1.807, 2.05) is 33.8 Å². The molecular formula is C19H19FN2O2. The van der Waals surface area contributed by atoms with E-state index in [0.29, 0.717) is 11.3 Å². The molecule has 0 aliphatic carbocycles. The van der Waals surface area contributed by atoms with Gasteiger partial charge in [0.1, 0.15) is 11.5 Å². The zero-order chi connectivity index (χ0) is 17.6. The molecule has 0 aliphatic rings. The number of rotatable bonds is 3. The second-order valence-corrected chi connectivity index (χ2v) is 6.33.